The summed E-state index contributed by atoms with van der Waals surface area (Å²) in [5, 5.41) is 18.5. The number of carboxylic acid groups (broad SMARTS) is 1. The van der Waals surface area contributed by atoms with E-state index in [1.807, 2.05) is 65.0 Å². The molecule has 0 unspecified atom stereocenters. The molecule has 0 spiro atoms. The van der Waals surface area contributed by atoms with Crippen LogP contribution in [0.2, 0.25) is 0 Å². The van der Waals surface area contributed by atoms with Gasteiger partial charge in [0.15, 0.2) is 0 Å². The molecule has 0 fully saturated rings. The van der Waals surface area contributed by atoms with Crippen LogP contribution in [-0.2, 0) is 4.79 Å². The number of nitriles is 1. The number of rotatable bonds is 0. The summed E-state index contributed by atoms with van der Waals surface area (Å²) >= 11 is 0. The van der Waals surface area contributed by atoms with Crippen LogP contribution in [0.5, 0.6) is 0 Å². The Morgan fingerprint density at radius 1 is 1.09 bits per heavy atom. The summed E-state index contributed by atoms with van der Waals surface area (Å²) in [6, 6.07) is 14.2. The fourth-order valence-electron chi connectivity index (χ4n) is 1.55. The van der Waals surface area contributed by atoms with Gasteiger partial charge in [0.1, 0.15) is 0 Å². The summed E-state index contributed by atoms with van der Waals surface area (Å²) in [5.74, 6) is -0.833. The molecule has 118 valence electrons. The van der Waals surface area contributed by atoms with Gasteiger partial charge in [0.05, 0.1) is 11.6 Å². The molecule has 0 aromatic heterocycles. The number of benzene rings is 2. The number of hydrogen-bond acceptors (Lipinski definition) is 2. The molecule has 2 aromatic carbocycles. The fraction of sp³-hybridized carbons (Fsp3) is 0.333. The van der Waals surface area contributed by atoms with Crippen molar-refractivity contribution in [3.63, 3.8) is 0 Å². The molecule has 1 N–H and O–H groups in total. The van der Waals surface area contributed by atoms with Crippen LogP contribution in [0.15, 0.2) is 36.4 Å². The predicted octanol–water partition coefficient (Wildman–Crippen LogP) is 5.16. The molecule has 0 amide bonds. The molecule has 0 saturated carbocycles. The van der Waals surface area contributed by atoms with Crippen LogP contribution in [0.1, 0.15) is 45.7 Å². The van der Waals surface area contributed by atoms with Gasteiger partial charge in [-0.25, -0.2) is 0 Å². The molecule has 0 heterocycles. The summed E-state index contributed by atoms with van der Waals surface area (Å²) < 4.78 is 0. The SMILES string of the molecule is CC.CC.CC(=O)O.Cc1cc(C#N)c2ccccc2c1.[U]. The first-order valence-corrected chi connectivity index (χ1v) is 7.13. The molecule has 0 atom stereocenters. The minimum absolute atomic E-state index is 0. The third-order valence-corrected chi connectivity index (χ3v) is 2.13. The van der Waals surface area contributed by atoms with Crippen molar-refractivity contribution in [1.82, 2.24) is 0 Å². The molecule has 4 heteroatoms. The van der Waals surface area contributed by atoms with Gasteiger partial charge < -0.3 is 5.11 Å². The second-order valence-electron chi connectivity index (χ2n) is 3.66. The van der Waals surface area contributed by atoms with Gasteiger partial charge in [-0.05, 0) is 29.3 Å². The van der Waals surface area contributed by atoms with Gasteiger partial charge in [-0.3, -0.25) is 4.79 Å². The fourth-order valence-corrected chi connectivity index (χ4v) is 1.55. The Morgan fingerprint density at radius 3 is 2.00 bits per heavy atom. The first-order valence-electron chi connectivity index (χ1n) is 7.13. The maximum atomic E-state index is 9.00. The quantitative estimate of drug-likeness (QED) is 0.517. The van der Waals surface area contributed by atoms with E-state index in [1.165, 1.54) is 0 Å². The summed E-state index contributed by atoms with van der Waals surface area (Å²) in [4.78, 5) is 9.00. The molecular weight excluding hydrogens is 500 g/mol. The maximum absolute atomic E-state index is 9.00. The van der Waals surface area contributed by atoms with Gasteiger partial charge in [0, 0.05) is 38.0 Å². The monoisotopic (exact) mass is 525 g/mol. The number of nitrogens with zero attached hydrogens (tertiary/aromatic N) is 1. The van der Waals surface area contributed by atoms with Crippen LogP contribution in [0.3, 0.4) is 0 Å². The molecule has 0 bridgehead atoms. The van der Waals surface area contributed by atoms with E-state index in [0.29, 0.717) is 0 Å². The molecule has 3 nitrogen and oxygen atoms in total. The predicted molar refractivity (Wildman–Crippen MR) is 89.4 cm³/mol. The number of carbonyl (C=O) groups is 1. The normalized spacial score (nSPS) is 7.50. The largest absolute Gasteiger partial charge is 0.481 e. The van der Waals surface area contributed by atoms with Crippen molar-refractivity contribution < 1.29 is 41.0 Å². The average Bonchev–Trinajstić information content (AvgIpc) is 2.50. The molecular formula is C18H25NO2U. The molecule has 2 rings (SSSR count). The van der Waals surface area contributed by atoms with Crippen LogP contribution < -0.4 is 0 Å². The van der Waals surface area contributed by atoms with Gasteiger partial charge in [-0.1, -0.05) is 58.0 Å². The third kappa shape index (κ3) is 10.4. The summed E-state index contributed by atoms with van der Waals surface area (Å²) in [6.45, 7) is 11.1. The molecule has 2 aromatic rings. The summed E-state index contributed by atoms with van der Waals surface area (Å²) in [7, 11) is 0. The van der Waals surface area contributed by atoms with Crippen molar-refractivity contribution in [1.29, 1.82) is 5.26 Å². The molecule has 0 radical (unpaired) electrons. The molecule has 0 aliphatic heterocycles. The van der Waals surface area contributed by atoms with Gasteiger partial charge in [0.25, 0.3) is 5.97 Å². The van der Waals surface area contributed by atoms with E-state index in [0.717, 1.165) is 28.8 Å². The smallest absolute Gasteiger partial charge is 0.300 e. The van der Waals surface area contributed by atoms with Crippen LogP contribution in [-0.4, -0.2) is 11.1 Å². The zero-order valence-electron chi connectivity index (χ0n) is 14.3. The average molecular weight is 525 g/mol. The first-order chi connectivity index (χ1) is 10.0. The molecule has 0 aliphatic carbocycles. The Balaban J connectivity index is -0.000000346. The van der Waals surface area contributed by atoms with Crippen molar-refractivity contribution in [2.24, 2.45) is 0 Å². The Labute approximate surface area is 157 Å². The number of hydrogen-bond donors (Lipinski definition) is 1. The van der Waals surface area contributed by atoms with E-state index >= 15 is 0 Å². The molecule has 22 heavy (non-hydrogen) atoms. The zero-order chi connectivity index (χ0) is 16.8. The van der Waals surface area contributed by atoms with Crippen LogP contribution >= 0.6 is 0 Å². The number of carboxylic acids is 1. The summed E-state index contributed by atoms with van der Waals surface area (Å²) in [5.41, 5.74) is 1.89. The van der Waals surface area contributed by atoms with Crippen LogP contribution in [0.4, 0.5) is 0 Å². The van der Waals surface area contributed by atoms with E-state index in [4.69, 9.17) is 15.2 Å². The van der Waals surface area contributed by atoms with Crippen LogP contribution in [0.25, 0.3) is 10.8 Å². The van der Waals surface area contributed by atoms with Crippen molar-refractivity contribution in [3.05, 3.63) is 47.5 Å². The molecule has 0 aliphatic rings. The number of aryl methyl sites for hydroxylation is 1. The van der Waals surface area contributed by atoms with E-state index in [-0.39, 0.29) is 31.1 Å². The van der Waals surface area contributed by atoms with Gasteiger partial charge in [-0.15, -0.1) is 0 Å². The number of fused-ring (bicyclic) bond motifs is 1. The second-order valence-corrected chi connectivity index (χ2v) is 3.66. The second kappa shape index (κ2) is 16.1. The maximum Gasteiger partial charge on any atom is 0.300 e. The van der Waals surface area contributed by atoms with Gasteiger partial charge in [-0.2, -0.15) is 5.26 Å². The van der Waals surface area contributed by atoms with E-state index < -0.39 is 5.97 Å². The van der Waals surface area contributed by atoms with Crippen LogP contribution in [0, 0.1) is 49.4 Å². The Morgan fingerprint density at radius 2 is 1.55 bits per heavy atom. The summed E-state index contributed by atoms with van der Waals surface area (Å²) in [6.07, 6.45) is 0. The van der Waals surface area contributed by atoms with E-state index in [2.05, 4.69) is 12.1 Å². The van der Waals surface area contributed by atoms with Gasteiger partial charge >= 0.3 is 0 Å². The minimum Gasteiger partial charge on any atom is -0.481 e. The number of aliphatic carboxylic acids is 1. The first kappa shape index (κ1) is 25.7. The van der Waals surface area contributed by atoms with E-state index in [9.17, 15) is 0 Å². The molecule has 0 saturated heterocycles. The third-order valence-electron chi connectivity index (χ3n) is 2.13. The topological polar surface area (TPSA) is 61.1 Å². The van der Waals surface area contributed by atoms with Crippen molar-refractivity contribution in [2.75, 3.05) is 0 Å². The zero-order valence-corrected chi connectivity index (χ0v) is 18.4. The van der Waals surface area contributed by atoms with Crippen molar-refractivity contribution in [2.45, 2.75) is 41.5 Å². The van der Waals surface area contributed by atoms with Gasteiger partial charge in [0.2, 0.25) is 0 Å². The Kier molecular flexibility index (Phi) is 18.8. The van der Waals surface area contributed by atoms with Crippen molar-refractivity contribution >= 4 is 16.7 Å². The standard InChI is InChI=1S/C12H9N.C2H4O2.2C2H6.U/c1-9-6-10-4-2-3-5-12(10)11(7-9)8-13;1-2(3)4;2*1-2;/h2-7H,1H3;1H3,(H,3,4);2*1-2H3;. The van der Waals surface area contributed by atoms with E-state index in [1.54, 1.807) is 0 Å². The Hall–Kier alpha value is -1.29. The Bertz CT molecular complexity index is 585. The van der Waals surface area contributed by atoms with Crippen molar-refractivity contribution in [3.8, 4) is 6.07 Å². The minimum atomic E-state index is -0.833.